The maximum Gasteiger partial charge on any atom is 0.258 e. The Labute approximate surface area is 107 Å². The minimum absolute atomic E-state index is 0.200. The van der Waals surface area contributed by atoms with E-state index >= 15 is 0 Å². The third kappa shape index (κ3) is 4.71. The molecule has 0 spiro atoms. The van der Waals surface area contributed by atoms with Crippen LogP contribution in [0.4, 0.5) is 0 Å². The summed E-state index contributed by atoms with van der Waals surface area (Å²) in [5.41, 5.74) is 0. The zero-order valence-electron chi connectivity index (χ0n) is 5.35. The van der Waals surface area contributed by atoms with Crippen LogP contribution in [0.1, 0.15) is 0 Å². The molecule has 4 heteroatoms. The maximum atomic E-state index is 5.54. The number of ether oxygens (including phenoxy) is 1. The van der Waals surface area contributed by atoms with Gasteiger partial charge < -0.3 is 4.74 Å². The number of benzene rings is 1. The van der Waals surface area contributed by atoms with Crippen molar-refractivity contribution in [2.75, 3.05) is 0 Å². The van der Waals surface area contributed by atoms with Gasteiger partial charge in [-0.25, -0.2) is 0 Å². The Bertz CT molecular complexity index is 217. The second-order valence-corrected chi connectivity index (χ2v) is 12.5. The molecule has 1 radical (unpaired) electrons. The van der Waals surface area contributed by atoms with Crippen molar-refractivity contribution in [3.63, 3.8) is 0 Å². The first-order valence-corrected chi connectivity index (χ1v) is 6.03. The van der Waals surface area contributed by atoms with Gasteiger partial charge in [-0.15, -0.1) is 0 Å². The monoisotopic (exact) mass is 485 g/mol. The lowest BCUT2D eigenvalue weighted by molar-refractivity contribution is 0.378. The van der Waals surface area contributed by atoms with E-state index in [1.807, 2.05) is 24.3 Å². The van der Waals surface area contributed by atoms with Crippen LogP contribution in [-0.4, -0.2) is -0.379 Å². The van der Waals surface area contributed by atoms with Crippen molar-refractivity contribution in [2.24, 2.45) is 0 Å². The molecule has 0 aromatic heterocycles. The summed E-state index contributed by atoms with van der Waals surface area (Å²) in [6.45, 7) is 0. The fourth-order valence-electron chi connectivity index (χ4n) is 0.573. The molecule has 1 rings (SSSR count). The molecule has 0 unspecified atom stereocenters. The smallest absolute Gasteiger partial charge is 0.258 e. The summed E-state index contributed by atoms with van der Waals surface area (Å²) in [6.07, 6.45) is 0. The first-order chi connectivity index (χ1) is 5.08. The summed E-state index contributed by atoms with van der Waals surface area (Å²) in [7, 11) is 0. The summed E-state index contributed by atoms with van der Waals surface area (Å²) in [4.78, 5) is 0. The van der Waals surface area contributed by atoms with Gasteiger partial charge in [-0.1, -0.05) is 12.1 Å². The molecule has 1 aromatic rings. The molecule has 0 amide bonds. The first kappa shape index (κ1) is 10.3. The molecule has 0 heterocycles. The van der Waals surface area contributed by atoms with Gasteiger partial charge in [-0.2, -0.15) is 0 Å². The van der Waals surface area contributed by atoms with E-state index in [-0.39, 0.29) is -0.379 Å². The van der Waals surface area contributed by atoms with Crippen LogP contribution in [0.5, 0.6) is 5.75 Å². The van der Waals surface area contributed by atoms with Crippen molar-refractivity contribution in [1.29, 1.82) is 0 Å². The van der Waals surface area contributed by atoms with Crippen LogP contribution in [-0.2, 0) is 0 Å². The predicted molar refractivity (Wildman–Crippen MR) is 70.7 cm³/mol. The van der Waals surface area contributed by atoms with E-state index in [1.54, 1.807) is 0 Å². The standard InChI is InChI=1S/C7H4I3O/c8-7(9,10)11-6-4-2-1-3-5-6/h2-5H. The normalized spacial score (nSPS) is 11.2. The van der Waals surface area contributed by atoms with Crippen LogP contribution in [0, 0.1) is 6.07 Å². The molecular formula is C7H4I3O. The van der Waals surface area contributed by atoms with Gasteiger partial charge >= 0.3 is 0 Å². The zero-order valence-corrected chi connectivity index (χ0v) is 11.8. The fourth-order valence-corrected chi connectivity index (χ4v) is 1.34. The summed E-state index contributed by atoms with van der Waals surface area (Å²) < 4.78 is 5.34. The molecule has 0 aliphatic heterocycles. The molecule has 0 fully saturated rings. The maximum absolute atomic E-state index is 5.54. The number of halogens is 3. The van der Waals surface area contributed by atoms with Crippen molar-refractivity contribution in [3.05, 3.63) is 30.3 Å². The zero-order chi connectivity index (χ0) is 8.32. The van der Waals surface area contributed by atoms with Gasteiger partial charge in [-0.3, -0.25) is 0 Å². The topological polar surface area (TPSA) is 9.23 Å². The van der Waals surface area contributed by atoms with E-state index in [0.717, 1.165) is 5.75 Å². The highest BCUT2D eigenvalue weighted by molar-refractivity contribution is 14.3. The first-order valence-electron chi connectivity index (χ1n) is 2.80. The molecule has 59 valence electrons. The van der Waals surface area contributed by atoms with E-state index in [0.29, 0.717) is 0 Å². The Morgan fingerprint density at radius 3 is 2.18 bits per heavy atom. The number of alkyl halides is 3. The van der Waals surface area contributed by atoms with Crippen LogP contribution in [0.3, 0.4) is 0 Å². The van der Waals surface area contributed by atoms with Crippen LogP contribution < -0.4 is 4.74 Å². The SMILES string of the molecule is IC(I)(I)Oc1cc[c]cc1. The third-order valence-electron chi connectivity index (χ3n) is 0.921. The lowest BCUT2D eigenvalue weighted by Gasteiger charge is -2.14. The van der Waals surface area contributed by atoms with Crippen LogP contribution >= 0.6 is 67.8 Å². The van der Waals surface area contributed by atoms with Gasteiger partial charge in [0.25, 0.3) is -0.379 Å². The minimum atomic E-state index is -0.200. The van der Waals surface area contributed by atoms with Crippen LogP contribution in [0.15, 0.2) is 24.3 Å². The summed E-state index contributed by atoms with van der Waals surface area (Å²) in [5.74, 6) is 0.877. The molecular weight excluding hydrogens is 481 g/mol. The number of hydrogen-bond donors (Lipinski definition) is 0. The highest BCUT2D eigenvalue weighted by Crippen LogP contribution is 2.37. The molecule has 1 nitrogen and oxygen atoms in total. The molecule has 11 heavy (non-hydrogen) atoms. The predicted octanol–water partition coefficient (Wildman–Crippen LogP) is 3.78. The second kappa shape index (κ2) is 4.45. The largest absolute Gasteiger partial charge is 0.459 e. The van der Waals surface area contributed by atoms with Gasteiger partial charge in [0, 0.05) is 0 Å². The molecule has 0 saturated carbocycles. The van der Waals surface area contributed by atoms with Gasteiger partial charge in [0.1, 0.15) is 5.75 Å². The lowest BCUT2D eigenvalue weighted by atomic mass is 10.3. The van der Waals surface area contributed by atoms with E-state index in [9.17, 15) is 0 Å². The Hall–Kier alpha value is 1.21. The van der Waals surface area contributed by atoms with E-state index in [1.165, 1.54) is 0 Å². The second-order valence-electron chi connectivity index (χ2n) is 1.78. The lowest BCUT2D eigenvalue weighted by Crippen LogP contribution is -2.09. The Morgan fingerprint density at radius 2 is 1.73 bits per heavy atom. The van der Waals surface area contributed by atoms with Crippen molar-refractivity contribution >= 4 is 67.8 Å². The molecule has 0 bridgehead atoms. The average Bonchev–Trinajstić information content (AvgIpc) is 1.85. The van der Waals surface area contributed by atoms with Crippen molar-refractivity contribution in [1.82, 2.24) is 0 Å². The number of hydrogen-bond acceptors (Lipinski definition) is 1. The highest BCUT2D eigenvalue weighted by Gasteiger charge is 2.18. The molecule has 0 N–H and O–H groups in total. The van der Waals surface area contributed by atoms with Crippen LogP contribution in [0.2, 0.25) is 0 Å². The molecule has 0 aliphatic carbocycles. The fraction of sp³-hybridized carbons (Fsp3) is 0.143. The van der Waals surface area contributed by atoms with Gasteiger partial charge in [0.2, 0.25) is 0 Å². The van der Waals surface area contributed by atoms with Crippen molar-refractivity contribution in [2.45, 2.75) is -0.379 Å². The van der Waals surface area contributed by atoms with Crippen LogP contribution in [0.25, 0.3) is 0 Å². The van der Waals surface area contributed by atoms with Gasteiger partial charge in [0.05, 0.1) is 0 Å². The molecule has 0 saturated heterocycles. The Kier molecular flexibility index (Phi) is 4.16. The quantitative estimate of drug-likeness (QED) is 0.459. The summed E-state index contributed by atoms with van der Waals surface area (Å²) in [6, 6.07) is 10.4. The molecule has 0 atom stereocenters. The average molecular weight is 485 g/mol. The minimum Gasteiger partial charge on any atom is -0.459 e. The van der Waals surface area contributed by atoms with Gasteiger partial charge in [0.15, 0.2) is 0 Å². The Balaban J connectivity index is 2.66. The van der Waals surface area contributed by atoms with E-state index < -0.39 is 0 Å². The van der Waals surface area contributed by atoms with Crippen molar-refractivity contribution in [3.8, 4) is 5.75 Å². The third-order valence-corrected chi connectivity index (χ3v) is 1.58. The highest BCUT2D eigenvalue weighted by atomic mass is 127. The molecule has 1 aromatic carbocycles. The van der Waals surface area contributed by atoms with Crippen molar-refractivity contribution < 1.29 is 4.74 Å². The number of rotatable bonds is 2. The van der Waals surface area contributed by atoms with Gasteiger partial charge in [-0.05, 0) is 86.0 Å². The Morgan fingerprint density at radius 1 is 1.18 bits per heavy atom. The summed E-state index contributed by atoms with van der Waals surface area (Å²) in [5, 5.41) is 0. The summed E-state index contributed by atoms with van der Waals surface area (Å²) >= 11 is 6.66. The van der Waals surface area contributed by atoms with E-state index in [2.05, 4.69) is 73.8 Å². The van der Waals surface area contributed by atoms with E-state index in [4.69, 9.17) is 4.74 Å². The molecule has 0 aliphatic rings.